The number of hydrogen-bond acceptors (Lipinski definition) is 4. The summed E-state index contributed by atoms with van der Waals surface area (Å²) in [6.45, 7) is 3.70. The number of nitrogens with one attached hydrogen (secondary N) is 2. The van der Waals surface area contributed by atoms with E-state index < -0.39 is 18.1 Å². The van der Waals surface area contributed by atoms with Gasteiger partial charge in [-0.05, 0) is 48.7 Å². The fraction of sp³-hybridized carbons (Fsp3) is 0.231. The molecule has 3 aromatic carbocycles. The van der Waals surface area contributed by atoms with Crippen LogP contribution in [0.3, 0.4) is 0 Å². The third-order valence-electron chi connectivity index (χ3n) is 5.94. The highest BCUT2D eigenvalue weighted by atomic mass is 35.5. The maximum absolute atomic E-state index is 13.3. The number of halogens is 1. The number of fused-ring (bicyclic) bond motifs is 3. The first-order valence-electron chi connectivity index (χ1n) is 10.9. The van der Waals surface area contributed by atoms with Gasteiger partial charge in [0.05, 0.1) is 23.8 Å². The number of hydrogen-bond donors (Lipinski definition) is 3. The Kier molecular flexibility index (Phi) is 6.79. The molecule has 0 spiro atoms. The van der Waals surface area contributed by atoms with E-state index in [1.165, 1.54) is 5.01 Å². The molecule has 2 amide bonds. The molecule has 0 saturated carbocycles. The Hall–Kier alpha value is -3.19. The summed E-state index contributed by atoms with van der Waals surface area (Å²) >= 11 is 5.89. The highest BCUT2D eigenvalue weighted by molar-refractivity contribution is 6.30. The Bertz CT molecular complexity index is 1170. The largest absolute Gasteiger partial charge is 0.387 e. The molecule has 1 aliphatic heterocycles. The van der Waals surface area contributed by atoms with Gasteiger partial charge in [0.1, 0.15) is 0 Å². The molecule has 0 aromatic heterocycles. The van der Waals surface area contributed by atoms with Gasteiger partial charge < -0.3 is 10.4 Å². The van der Waals surface area contributed by atoms with Crippen molar-refractivity contribution in [3.63, 3.8) is 0 Å². The van der Waals surface area contributed by atoms with Crippen LogP contribution in [0.2, 0.25) is 5.02 Å². The zero-order valence-electron chi connectivity index (χ0n) is 18.5. The van der Waals surface area contributed by atoms with E-state index in [0.29, 0.717) is 16.3 Å². The lowest BCUT2D eigenvalue weighted by Gasteiger charge is -2.27. The molecule has 3 aromatic rings. The molecule has 2 unspecified atom stereocenters. The molecular weight excluding hydrogens is 438 g/mol. The minimum absolute atomic E-state index is 0.169. The Morgan fingerprint density at radius 1 is 1.03 bits per heavy atom. The van der Waals surface area contributed by atoms with E-state index in [9.17, 15) is 14.7 Å². The summed E-state index contributed by atoms with van der Waals surface area (Å²) in [7, 11) is 0. The molecule has 0 radical (unpaired) electrons. The van der Waals surface area contributed by atoms with E-state index in [0.717, 1.165) is 16.7 Å². The molecule has 0 bridgehead atoms. The first-order chi connectivity index (χ1) is 15.9. The fourth-order valence-corrected chi connectivity index (χ4v) is 4.09. The van der Waals surface area contributed by atoms with Crippen LogP contribution < -0.4 is 15.8 Å². The third kappa shape index (κ3) is 4.78. The highest BCUT2D eigenvalue weighted by Gasteiger charge is 2.33. The van der Waals surface area contributed by atoms with Gasteiger partial charge in [-0.15, -0.1) is 0 Å². The number of para-hydroxylation sites is 1. The molecule has 6 nitrogen and oxygen atoms in total. The highest BCUT2D eigenvalue weighted by Crippen LogP contribution is 2.39. The van der Waals surface area contributed by atoms with Gasteiger partial charge >= 0.3 is 0 Å². The minimum Gasteiger partial charge on any atom is -0.387 e. The monoisotopic (exact) mass is 463 g/mol. The second-order valence-corrected chi connectivity index (χ2v) is 8.61. The summed E-state index contributed by atoms with van der Waals surface area (Å²) in [5.74, 6) is -1.02. The number of hydrazine groups is 1. The number of aliphatic hydroxyl groups excluding tert-OH is 1. The molecule has 170 valence electrons. The smallest absolute Gasteiger partial charge is 0.255 e. The van der Waals surface area contributed by atoms with E-state index in [2.05, 4.69) is 10.7 Å². The lowest BCUT2D eigenvalue weighted by atomic mass is 9.92. The number of carbonyl (C=O) groups excluding carboxylic acids is 2. The molecule has 7 heteroatoms. The van der Waals surface area contributed by atoms with Crippen molar-refractivity contribution in [2.45, 2.75) is 31.9 Å². The van der Waals surface area contributed by atoms with Crippen LogP contribution in [0.4, 0.5) is 5.69 Å². The normalized spacial score (nSPS) is 16.9. The van der Waals surface area contributed by atoms with Crippen LogP contribution in [0.25, 0.3) is 11.1 Å². The molecule has 33 heavy (non-hydrogen) atoms. The lowest BCUT2D eigenvalue weighted by molar-refractivity contribution is -0.127. The topological polar surface area (TPSA) is 81.7 Å². The van der Waals surface area contributed by atoms with Crippen LogP contribution in [0.1, 0.15) is 37.0 Å². The van der Waals surface area contributed by atoms with Crippen molar-refractivity contribution in [3.05, 3.63) is 88.9 Å². The first kappa shape index (κ1) is 23.0. The summed E-state index contributed by atoms with van der Waals surface area (Å²) in [5, 5.41) is 15.4. The molecule has 3 atom stereocenters. The van der Waals surface area contributed by atoms with Gasteiger partial charge in [0.15, 0.2) is 0 Å². The Morgan fingerprint density at radius 2 is 1.67 bits per heavy atom. The predicted molar refractivity (Wildman–Crippen MR) is 130 cm³/mol. The first-order valence-corrected chi connectivity index (χ1v) is 11.2. The zero-order chi connectivity index (χ0) is 23.5. The molecule has 1 heterocycles. The van der Waals surface area contributed by atoms with Gasteiger partial charge in [-0.3, -0.25) is 15.0 Å². The Morgan fingerprint density at radius 3 is 2.39 bits per heavy atom. The van der Waals surface area contributed by atoms with Gasteiger partial charge in [0.25, 0.3) is 11.8 Å². The van der Waals surface area contributed by atoms with Crippen molar-refractivity contribution < 1.29 is 14.7 Å². The van der Waals surface area contributed by atoms with E-state index >= 15 is 0 Å². The zero-order valence-corrected chi connectivity index (χ0v) is 19.2. The minimum atomic E-state index is -0.799. The maximum Gasteiger partial charge on any atom is 0.255 e. The number of anilines is 1. The number of nitrogens with zero attached hydrogens (tertiary/aromatic N) is 1. The molecule has 0 aliphatic carbocycles. The van der Waals surface area contributed by atoms with Crippen LogP contribution in [0.15, 0.2) is 72.8 Å². The molecular formula is C26H26ClN3O3. The quantitative estimate of drug-likeness (QED) is 0.511. The number of amides is 2. The fourth-order valence-electron chi connectivity index (χ4n) is 3.97. The van der Waals surface area contributed by atoms with Gasteiger partial charge in [-0.2, -0.15) is 0 Å². The standard InChI is InChI=1S/C26H26ClN3O3/c1-16-20-7-3-4-8-21(20)22-9-5-6-10-23(22)30(26(16)33)29-25(32)17(2)28-15-24(31)18-11-13-19(27)14-12-18/h3-14,16-17,24,28,31H,15H2,1-2H3,(H,29,32)/t16?,17-,24?/m0/s1. The van der Waals surface area contributed by atoms with Crippen molar-refractivity contribution in [2.24, 2.45) is 0 Å². The van der Waals surface area contributed by atoms with E-state index in [-0.39, 0.29) is 18.4 Å². The van der Waals surface area contributed by atoms with Crippen LogP contribution in [-0.4, -0.2) is 29.5 Å². The second-order valence-electron chi connectivity index (χ2n) is 8.17. The van der Waals surface area contributed by atoms with Crippen molar-refractivity contribution in [1.29, 1.82) is 0 Å². The molecule has 3 N–H and O–H groups in total. The molecule has 0 saturated heterocycles. The summed E-state index contributed by atoms with van der Waals surface area (Å²) in [5.41, 5.74) is 6.88. The predicted octanol–water partition coefficient (Wildman–Crippen LogP) is 4.20. The van der Waals surface area contributed by atoms with Crippen LogP contribution >= 0.6 is 11.6 Å². The Balaban J connectivity index is 1.50. The van der Waals surface area contributed by atoms with Crippen molar-refractivity contribution >= 4 is 29.1 Å². The van der Waals surface area contributed by atoms with Gasteiger partial charge in [0, 0.05) is 17.1 Å². The van der Waals surface area contributed by atoms with Crippen LogP contribution in [-0.2, 0) is 9.59 Å². The number of aliphatic hydroxyl groups is 1. The number of rotatable bonds is 6. The van der Waals surface area contributed by atoms with Crippen LogP contribution in [0, 0.1) is 0 Å². The van der Waals surface area contributed by atoms with E-state index in [1.807, 2.05) is 55.5 Å². The number of carbonyl (C=O) groups is 2. The Labute approximate surface area is 198 Å². The van der Waals surface area contributed by atoms with E-state index in [1.54, 1.807) is 31.2 Å². The van der Waals surface area contributed by atoms with E-state index in [4.69, 9.17) is 11.6 Å². The second kappa shape index (κ2) is 9.75. The summed E-state index contributed by atoms with van der Waals surface area (Å²) < 4.78 is 0. The molecule has 0 fully saturated rings. The van der Waals surface area contributed by atoms with Crippen molar-refractivity contribution in [1.82, 2.24) is 10.7 Å². The summed E-state index contributed by atoms with van der Waals surface area (Å²) in [6.07, 6.45) is -0.799. The lowest BCUT2D eigenvalue weighted by Crippen LogP contribution is -2.53. The summed E-state index contributed by atoms with van der Waals surface area (Å²) in [4.78, 5) is 26.3. The summed E-state index contributed by atoms with van der Waals surface area (Å²) in [6, 6.07) is 21.6. The van der Waals surface area contributed by atoms with Gasteiger partial charge in [0.2, 0.25) is 0 Å². The van der Waals surface area contributed by atoms with Crippen molar-refractivity contribution in [2.75, 3.05) is 11.6 Å². The average Bonchev–Trinajstić information content (AvgIpc) is 2.92. The molecule has 1 aliphatic rings. The van der Waals surface area contributed by atoms with Crippen LogP contribution in [0.5, 0.6) is 0 Å². The number of benzene rings is 3. The maximum atomic E-state index is 13.3. The van der Waals surface area contributed by atoms with Gasteiger partial charge in [-0.25, -0.2) is 5.01 Å². The SMILES string of the molecule is CC1C(=O)N(NC(=O)[C@H](C)NCC(O)c2ccc(Cl)cc2)c2ccccc2-c2ccccc21. The van der Waals surface area contributed by atoms with Gasteiger partial charge in [-0.1, -0.05) is 66.2 Å². The third-order valence-corrected chi connectivity index (χ3v) is 6.19. The molecule has 4 rings (SSSR count). The average molecular weight is 464 g/mol. The van der Waals surface area contributed by atoms with Crippen molar-refractivity contribution in [3.8, 4) is 11.1 Å².